The van der Waals surface area contributed by atoms with Gasteiger partial charge < -0.3 is 4.98 Å². The Morgan fingerprint density at radius 3 is 2.22 bits per heavy atom. The van der Waals surface area contributed by atoms with Crippen LogP contribution in [0.2, 0.25) is 0 Å². The molecule has 0 fully saturated rings. The van der Waals surface area contributed by atoms with Gasteiger partial charge in [-0.25, -0.2) is 4.98 Å². The summed E-state index contributed by atoms with van der Waals surface area (Å²) in [4.78, 5) is 8.53. The summed E-state index contributed by atoms with van der Waals surface area (Å²) in [6, 6.07) is 0. The lowest BCUT2D eigenvalue weighted by Gasteiger charge is -2.22. The summed E-state index contributed by atoms with van der Waals surface area (Å²) in [6.07, 6.45) is 3.54. The molecule has 0 saturated heterocycles. The van der Waals surface area contributed by atoms with Gasteiger partial charge in [0.1, 0.15) is 5.82 Å². The minimum Gasteiger partial charge on any atom is -0.345 e. The molecule has 1 unspecified atom stereocenters. The molecule has 0 aliphatic rings. The van der Waals surface area contributed by atoms with E-state index in [4.69, 9.17) is 4.98 Å². The number of H-pyrrole nitrogens is 1. The van der Waals surface area contributed by atoms with E-state index in [1.165, 1.54) is 30.1 Å². The maximum atomic E-state index is 4.94. The molecule has 0 aromatic carbocycles. The Balaban J connectivity index is 3.17. The zero-order valence-corrected chi connectivity index (χ0v) is 13.2. The molecule has 2 nitrogen and oxygen atoms in total. The van der Waals surface area contributed by atoms with Crippen molar-refractivity contribution in [2.75, 3.05) is 0 Å². The highest BCUT2D eigenvalue weighted by atomic mass is 15.0. The molecular weight excluding hydrogens is 220 g/mol. The van der Waals surface area contributed by atoms with Gasteiger partial charge in [-0.15, -0.1) is 0 Å². The van der Waals surface area contributed by atoms with Crippen LogP contribution in [0.5, 0.6) is 0 Å². The van der Waals surface area contributed by atoms with E-state index >= 15 is 0 Å². The van der Waals surface area contributed by atoms with Crippen LogP contribution in [0.1, 0.15) is 96.8 Å². The summed E-state index contributed by atoms with van der Waals surface area (Å²) in [5.41, 5.74) is 2.78. The van der Waals surface area contributed by atoms with E-state index in [0.717, 1.165) is 6.42 Å². The van der Waals surface area contributed by atoms with Gasteiger partial charge >= 0.3 is 0 Å². The van der Waals surface area contributed by atoms with E-state index in [1.807, 2.05) is 0 Å². The molecule has 0 aliphatic heterocycles. The molecule has 1 N–H and O–H groups in total. The average Bonchev–Trinajstić information content (AvgIpc) is 2.75. The van der Waals surface area contributed by atoms with Crippen LogP contribution in [0.25, 0.3) is 0 Å². The monoisotopic (exact) mass is 250 g/mol. The Morgan fingerprint density at radius 1 is 1.17 bits per heavy atom. The predicted octanol–water partition coefficient (Wildman–Crippen LogP) is 5.12. The van der Waals surface area contributed by atoms with Crippen molar-refractivity contribution >= 4 is 0 Å². The predicted molar refractivity (Wildman–Crippen MR) is 79.3 cm³/mol. The molecule has 0 bridgehead atoms. The minimum absolute atomic E-state index is 0.167. The molecule has 1 aromatic heterocycles. The van der Waals surface area contributed by atoms with Crippen LogP contribution >= 0.6 is 0 Å². The SMILES string of the molecule is CCCC(C)c1nc(C(C)(C)CC)c(C(C)C)[nH]1. The first-order chi connectivity index (χ1) is 8.33. The lowest BCUT2D eigenvalue weighted by Crippen LogP contribution is -2.18. The smallest absolute Gasteiger partial charge is 0.109 e. The highest BCUT2D eigenvalue weighted by Gasteiger charge is 2.27. The molecule has 2 heteroatoms. The van der Waals surface area contributed by atoms with Crippen molar-refractivity contribution in [2.24, 2.45) is 0 Å². The van der Waals surface area contributed by atoms with Gasteiger partial charge in [-0.2, -0.15) is 0 Å². The molecule has 0 saturated carbocycles. The van der Waals surface area contributed by atoms with Crippen molar-refractivity contribution in [1.82, 2.24) is 9.97 Å². The molecule has 18 heavy (non-hydrogen) atoms. The van der Waals surface area contributed by atoms with E-state index in [0.29, 0.717) is 11.8 Å². The van der Waals surface area contributed by atoms with Crippen molar-refractivity contribution in [1.29, 1.82) is 0 Å². The Kier molecular flexibility index (Phi) is 5.01. The topological polar surface area (TPSA) is 28.7 Å². The van der Waals surface area contributed by atoms with Crippen LogP contribution in [0, 0.1) is 0 Å². The average molecular weight is 250 g/mol. The van der Waals surface area contributed by atoms with Crippen LogP contribution in [-0.4, -0.2) is 9.97 Å². The minimum atomic E-state index is 0.167. The first kappa shape index (κ1) is 15.3. The number of aromatic amines is 1. The van der Waals surface area contributed by atoms with Gasteiger partial charge in [0.05, 0.1) is 5.69 Å². The van der Waals surface area contributed by atoms with E-state index in [9.17, 15) is 0 Å². The second-order valence-corrected chi connectivity index (χ2v) is 6.47. The second kappa shape index (κ2) is 5.90. The van der Waals surface area contributed by atoms with E-state index in [2.05, 4.69) is 53.5 Å². The summed E-state index contributed by atoms with van der Waals surface area (Å²) < 4.78 is 0. The molecule has 104 valence electrons. The molecule has 1 atom stereocenters. The zero-order valence-electron chi connectivity index (χ0n) is 13.2. The van der Waals surface area contributed by atoms with Gasteiger partial charge in [0, 0.05) is 17.0 Å². The fourth-order valence-electron chi connectivity index (χ4n) is 2.31. The van der Waals surface area contributed by atoms with Gasteiger partial charge in [-0.1, -0.05) is 54.9 Å². The molecular formula is C16H30N2. The van der Waals surface area contributed by atoms with Crippen molar-refractivity contribution in [3.8, 4) is 0 Å². The first-order valence-corrected chi connectivity index (χ1v) is 7.43. The lowest BCUT2D eigenvalue weighted by molar-refractivity contribution is 0.482. The summed E-state index contributed by atoms with van der Waals surface area (Å²) in [5, 5.41) is 0. The highest BCUT2D eigenvalue weighted by Crippen LogP contribution is 2.33. The van der Waals surface area contributed by atoms with Gasteiger partial charge in [-0.05, 0) is 18.8 Å². The third-order valence-corrected chi connectivity index (χ3v) is 4.04. The van der Waals surface area contributed by atoms with Crippen molar-refractivity contribution in [3.05, 3.63) is 17.2 Å². The number of aromatic nitrogens is 2. The zero-order chi connectivity index (χ0) is 13.9. The van der Waals surface area contributed by atoms with E-state index < -0.39 is 0 Å². The van der Waals surface area contributed by atoms with Crippen molar-refractivity contribution < 1.29 is 0 Å². The number of rotatable bonds is 6. The number of hydrogen-bond donors (Lipinski definition) is 1. The largest absolute Gasteiger partial charge is 0.345 e. The van der Waals surface area contributed by atoms with Crippen molar-refractivity contribution in [3.63, 3.8) is 0 Å². The second-order valence-electron chi connectivity index (χ2n) is 6.47. The van der Waals surface area contributed by atoms with Crippen LogP contribution in [0.4, 0.5) is 0 Å². The van der Waals surface area contributed by atoms with Crippen LogP contribution < -0.4 is 0 Å². The number of hydrogen-bond acceptors (Lipinski definition) is 1. The number of imidazole rings is 1. The van der Waals surface area contributed by atoms with Crippen LogP contribution in [0.15, 0.2) is 0 Å². The molecule has 1 heterocycles. The van der Waals surface area contributed by atoms with E-state index in [-0.39, 0.29) is 5.41 Å². The maximum absolute atomic E-state index is 4.94. The third kappa shape index (κ3) is 3.15. The summed E-state index contributed by atoms with van der Waals surface area (Å²) in [6.45, 7) is 15.8. The van der Waals surface area contributed by atoms with Crippen molar-refractivity contribution in [2.45, 2.75) is 85.0 Å². The lowest BCUT2D eigenvalue weighted by atomic mass is 9.83. The number of nitrogens with one attached hydrogen (secondary N) is 1. The first-order valence-electron chi connectivity index (χ1n) is 7.43. The quantitative estimate of drug-likeness (QED) is 0.745. The van der Waals surface area contributed by atoms with Gasteiger partial charge in [0.2, 0.25) is 0 Å². The number of nitrogens with zero attached hydrogens (tertiary/aromatic N) is 1. The Labute approximate surface area is 113 Å². The molecule has 1 rings (SSSR count). The summed E-state index contributed by atoms with van der Waals surface area (Å²) in [5.74, 6) is 2.23. The van der Waals surface area contributed by atoms with Gasteiger partial charge in [-0.3, -0.25) is 0 Å². The van der Waals surface area contributed by atoms with Gasteiger partial charge in [0.15, 0.2) is 0 Å². The summed E-state index contributed by atoms with van der Waals surface area (Å²) >= 11 is 0. The standard InChI is InChI=1S/C16H30N2/c1-8-10-12(5)15-17-13(11(3)4)14(18-15)16(6,7)9-2/h11-12H,8-10H2,1-7H3,(H,17,18). The third-order valence-electron chi connectivity index (χ3n) is 4.04. The van der Waals surface area contributed by atoms with E-state index in [1.54, 1.807) is 0 Å². The molecule has 0 aliphatic carbocycles. The molecule has 0 spiro atoms. The van der Waals surface area contributed by atoms with Crippen LogP contribution in [0.3, 0.4) is 0 Å². The summed E-state index contributed by atoms with van der Waals surface area (Å²) in [7, 11) is 0. The Bertz CT molecular complexity index is 374. The molecule has 0 radical (unpaired) electrons. The fourth-order valence-corrected chi connectivity index (χ4v) is 2.31. The van der Waals surface area contributed by atoms with Gasteiger partial charge in [0.25, 0.3) is 0 Å². The normalized spacial score (nSPS) is 14.2. The Morgan fingerprint density at radius 2 is 1.78 bits per heavy atom. The maximum Gasteiger partial charge on any atom is 0.109 e. The highest BCUT2D eigenvalue weighted by molar-refractivity contribution is 5.26. The molecule has 0 amide bonds. The Hall–Kier alpha value is -0.790. The van der Waals surface area contributed by atoms with Crippen LogP contribution in [-0.2, 0) is 5.41 Å². The molecule has 1 aromatic rings. The fraction of sp³-hybridized carbons (Fsp3) is 0.812.